The van der Waals surface area contributed by atoms with Gasteiger partial charge in [0.25, 0.3) is 0 Å². The molecule has 1 fully saturated rings. The predicted octanol–water partition coefficient (Wildman–Crippen LogP) is 3.07. The van der Waals surface area contributed by atoms with Crippen molar-refractivity contribution in [1.29, 1.82) is 0 Å². The van der Waals surface area contributed by atoms with Crippen molar-refractivity contribution in [3.8, 4) is 11.8 Å². The van der Waals surface area contributed by atoms with E-state index in [-0.39, 0.29) is 17.9 Å². The summed E-state index contributed by atoms with van der Waals surface area (Å²) in [6.45, 7) is 2.80. The van der Waals surface area contributed by atoms with Gasteiger partial charge in [0.15, 0.2) is 0 Å². The van der Waals surface area contributed by atoms with Gasteiger partial charge in [-0.05, 0) is 31.4 Å². The molecule has 0 radical (unpaired) electrons. The molecule has 1 amide bonds. The highest BCUT2D eigenvalue weighted by Gasteiger charge is 2.38. The number of thiophene rings is 1. The number of carbonyl (C=O) groups excluding carboxylic acids is 1. The first-order valence-electron chi connectivity index (χ1n) is 7.67. The zero-order valence-corrected chi connectivity index (χ0v) is 13.4. The molecule has 0 atom stereocenters. The molecule has 2 rings (SSSR count). The van der Waals surface area contributed by atoms with E-state index in [0.717, 1.165) is 29.0 Å². The molecule has 3 nitrogen and oxygen atoms in total. The largest absolute Gasteiger partial charge is 0.395 e. The normalized spacial score (nSPS) is 16.3. The van der Waals surface area contributed by atoms with Gasteiger partial charge >= 0.3 is 0 Å². The molecule has 1 aromatic heterocycles. The molecule has 0 unspecified atom stereocenters. The molecule has 0 bridgehead atoms. The van der Waals surface area contributed by atoms with Gasteiger partial charge in [-0.15, -0.1) is 11.3 Å². The lowest BCUT2D eigenvalue weighted by atomic mass is 9.82. The van der Waals surface area contributed by atoms with Gasteiger partial charge in [-0.1, -0.05) is 31.6 Å². The molecule has 1 heterocycles. The van der Waals surface area contributed by atoms with Crippen LogP contribution in [0.5, 0.6) is 0 Å². The molecule has 2 N–H and O–H groups in total. The zero-order valence-electron chi connectivity index (χ0n) is 12.6. The second kappa shape index (κ2) is 7.63. The summed E-state index contributed by atoms with van der Waals surface area (Å²) < 4.78 is 0. The lowest BCUT2D eigenvalue weighted by Crippen LogP contribution is -2.38. The number of aliphatic hydroxyl groups is 1. The summed E-state index contributed by atoms with van der Waals surface area (Å²) >= 11 is 1.60. The maximum atomic E-state index is 12.4. The summed E-state index contributed by atoms with van der Waals surface area (Å²) in [5, 5.41) is 11.8. The molecule has 1 aliphatic rings. The van der Waals surface area contributed by atoms with Gasteiger partial charge in [-0.25, -0.2) is 0 Å². The first-order valence-corrected chi connectivity index (χ1v) is 8.48. The van der Waals surface area contributed by atoms with Gasteiger partial charge in [0, 0.05) is 16.7 Å². The van der Waals surface area contributed by atoms with Crippen LogP contribution in [0, 0.1) is 17.3 Å². The van der Waals surface area contributed by atoms with E-state index in [4.69, 9.17) is 5.11 Å². The molecule has 21 heavy (non-hydrogen) atoms. The van der Waals surface area contributed by atoms with Crippen LogP contribution in [-0.2, 0) is 11.3 Å². The Morgan fingerprint density at radius 2 is 2.19 bits per heavy atom. The first-order chi connectivity index (χ1) is 10.2. The summed E-state index contributed by atoms with van der Waals surface area (Å²) in [5.74, 6) is 6.15. The van der Waals surface area contributed by atoms with E-state index in [9.17, 15) is 4.79 Å². The molecule has 0 saturated heterocycles. The number of rotatable bonds is 5. The molecular formula is C17H23NO2S. The Morgan fingerprint density at radius 3 is 2.86 bits per heavy atom. The van der Waals surface area contributed by atoms with Crippen LogP contribution in [0.2, 0.25) is 0 Å². The number of hydrogen-bond acceptors (Lipinski definition) is 3. The number of carbonyl (C=O) groups is 1. The number of nitrogens with one attached hydrogen (secondary N) is 1. The summed E-state index contributed by atoms with van der Waals surface area (Å²) in [7, 11) is 0. The maximum Gasteiger partial charge on any atom is 0.226 e. The Balaban J connectivity index is 1.88. The van der Waals surface area contributed by atoms with Crippen molar-refractivity contribution in [1.82, 2.24) is 5.32 Å². The number of amides is 1. The van der Waals surface area contributed by atoms with Gasteiger partial charge < -0.3 is 10.4 Å². The zero-order chi connectivity index (χ0) is 15.1. The summed E-state index contributed by atoms with van der Waals surface area (Å²) in [6.07, 6.45) is 5.83. The second-order valence-corrected chi connectivity index (χ2v) is 6.73. The van der Waals surface area contributed by atoms with Crippen LogP contribution in [0.4, 0.5) is 0 Å². The van der Waals surface area contributed by atoms with Crippen molar-refractivity contribution in [2.24, 2.45) is 5.41 Å². The van der Waals surface area contributed by atoms with E-state index in [2.05, 4.69) is 24.1 Å². The van der Waals surface area contributed by atoms with Gasteiger partial charge in [-0.3, -0.25) is 4.79 Å². The lowest BCUT2D eigenvalue weighted by Gasteiger charge is -2.25. The molecular weight excluding hydrogens is 282 g/mol. The van der Waals surface area contributed by atoms with Crippen molar-refractivity contribution in [3.63, 3.8) is 0 Å². The average molecular weight is 305 g/mol. The average Bonchev–Trinajstić information content (AvgIpc) is 3.15. The van der Waals surface area contributed by atoms with E-state index >= 15 is 0 Å². The van der Waals surface area contributed by atoms with E-state index in [0.29, 0.717) is 13.0 Å². The molecule has 0 spiro atoms. The third-order valence-electron chi connectivity index (χ3n) is 4.25. The topological polar surface area (TPSA) is 49.3 Å². The van der Waals surface area contributed by atoms with Gasteiger partial charge in [0.2, 0.25) is 5.91 Å². The highest BCUT2D eigenvalue weighted by atomic mass is 32.1. The molecule has 1 aromatic rings. The predicted molar refractivity (Wildman–Crippen MR) is 85.9 cm³/mol. The van der Waals surface area contributed by atoms with Crippen LogP contribution in [-0.4, -0.2) is 17.6 Å². The minimum absolute atomic E-state index is 0.0976. The van der Waals surface area contributed by atoms with Crippen molar-refractivity contribution < 1.29 is 9.90 Å². The highest BCUT2D eigenvalue weighted by molar-refractivity contribution is 7.12. The van der Waals surface area contributed by atoms with Crippen LogP contribution in [0.3, 0.4) is 0 Å². The first kappa shape index (κ1) is 16.1. The van der Waals surface area contributed by atoms with E-state index in [1.165, 1.54) is 12.8 Å². The van der Waals surface area contributed by atoms with Crippen molar-refractivity contribution in [2.45, 2.75) is 52.0 Å². The molecule has 0 aliphatic heterocycles. The molecule has 4 heteroatoms. The molecule has 114 valence electrons. The molecule has 1 aliphatic carbocycles. The Labute approximate surface area is 130 Å². The van der Waals surface area contributed by atoms with Crippen molar-refractivity contribution >= 4 is 17.2 Å². The Bertz CT molecular complexity index is 532. The van der Waals surface area contributed by atoms with Crippen LogP contribution in [0.1, 0.15) is 55.2 Å². The summed E-state index contributed by atoms with van der Waals surface area (Å²) in [5.41, 5.74) is -0.124. The van der Waals surface area contributed by atoms with Crippen LogP contribution < -0.4 is 5.32 Å². The summed E-state index contributed by atoms with van der Waals surface area (Å²) in [6, 6.07) is 3.99. The lowest BCUT2D eigenvalue weighted by molar-refractivity contribution is -0.131. The fourth-order valence-corrected chi connectivity index (χ4v) is 3.72. The highest BCUT2D eigenvalue weighted by Crippen LogP contribution is 2.41. The number of aliphatic hydroxyl groups excluding tert-OH is 1. The van der Waals surface area contributed by atoms with Gasteiger partial charge in [0.05, 0.1) is 18.0 Å². The SMILES string of the molecule is CCC1(C(=O)NCc2ccc(C#CCCO)s2)CCCC1. The van der Waals surface area contributed by atoms with Crippen LogP contribution in [0.15, 0.2) is 12.1 Å². The smallest absolute Gasteiger partial charge is 0.226 e. The quantitative estimate of drug-likeness (QED) is 0.821. The fourth-order valence-electron chi connectivity index (χ4n) is 2.89. The van der Waals surface area contributed by atoms with Crippen LogP contribution in [0.25, 0.3) is 0 Å². The monoisotopic (exact) mass is 305 g/mol. The van der Waals surface area contributed by atoms with Gasteiger partial charge in [-0.2, -0.15) is 0 Å². The number of hydrogen-bond donors (Lipinski definition) is 2. The van der Waals surface area contributed by atoms with E-state index in [1.807, 2.05) is 12.1 Å². The van der Waals surface area contributed by atoms with E-state index < -0.39 is 0 Å². The van der Waals surface area contributed by atoms with Crippen molar-refractivity contribution in [3.05, 3.63) is 21.9 Å². The molecule has 1 saturated carbocycles. The van der Waals surface area contributed by atoms with Crippen molar-refractivity contribution in [2.75, 3.05) is 6.61 Å². The fraction of sp³-hybridized carbons (Fsp3) is 0.588. The van der Waals surface area contributed by atoms with E-state index in [1.54, 1.807) is 11.3 Å². The minimum Gasteiger partial charge on any atom is -0.395 e. The van der Waals surface area contributed by atoms with Gasteiger partial charge in [0.1, 0.15) is 0 Å². The third kappa shape index (κ3) is 4.09. The Morgan fingerprint density at radius 1 is 1.43 bits per heavy atom. The standard InChI is InChI=1S/C17H23NO2S/c1-2-17(10-4-5-11-17)16(20)18-13-15-9-8-14(21-15)7-3-6-12-19/h8-9,19H,2,4-6,10-13H2,1H3,(H,18,20). The Hall–Kier alpha value is -1.31. The second-order valence-electron chi connectivity index (χ2n) is 5.57. The Kier molecular flexibility index (Phi) is 5.84. The summed E-state index contributed by atoms with van der Waals surface area (Å²) in [4.78, 5) is 14.5. The molecule has 0 aromatic carbocycles. The minimum atomic E-state index is -0.124. The maximum absolute atomic E-state index is 12.4. The third-order valence-corrected chi connectivity index (χ3v) is 5.25. The van der Waals surface area contributed by atoms with Crippen LogP contribution >= 0.6 is 11.3 Å².